The first-order chi connectivity index (χ1) is 13.0. The Morgan fingerprint density at radius 3 is 2.44 bits per heavy atom. The Morgan fingerprint density at radius 2 is 1.81 bits per heavy atom. The van der Waals surface area contributed by atoms with Gasteiger partial charge in [0.15, 0.2) is 0 Å². The second-order valence-corrected chi connectivity index (χ2v) is 6.46. The Hall–Kier alpha value is -2.75. The molecule has 27 heavy (non-hydrogen) atoms. The first-order valence-corrected chi connectivity index (χ1v) is 9.23. The van der Waals surface area contributed by atoms with E-state index in [1.165, 1.54) is 5.56 Å². The number of ether oxygens (including phenoxy) is 3. The minimum absolute atomic E-state index is 0.316. The molecule has 0 unspecified atom stereocenters. The van der Waals surface area contributed by atoms with Crippen molar-refractivity contribution in [1.29, 1.82) is 0 Å². The summed E-state index contributed by atoms with van der Waals surface area (Å²) >= 11 is 0. The van der Waals surface area contributed by atoms with Crippen molar-refractivity contribution in [3.05, 3.63) is 70.8 Å². The molecule has 0 spiro atoms. The molecular weight excluding hydrogens is 340 g/mol. The van der Waals surface area contributed by atoms with E-state index in [4.69, 9.17) is 14.2 Å². The van der Waals surface area contributed by atoms with Gasteiger partial charge < -0.3 is 14.2 Å². The predicted octanol–water partition coefficient (Wildman–Crippen LogP) is 5.00. The summed E-state index contributed by atoms with van der Waals surface area (Å²) < 4.78 is 16.6. The highest BCUT2D eigenvalue weighted by atomic mass is 16.5. The molecule has 0 heterocycles. The van der Waals surface area contributed by atoms with Gasteiger partial charge in [-0.2, -0.15) is 0 Å². The van der Waals surface area contributed by atoms with E-state index in [1.807, 2.05) is 44.2 Å². The van der Waals surface area contributed by atoms with Gasteiger partial charge in [0, 0.05) is 6.07 Å². The van der Waals surface area contributed by atoms with Gasteiger partial charge in [-0.15, -0.1) is 0 Å². The van der Waals surface area contributed by atoms with Gasteiger partial charge in [-0.1, -0.05) is 35.9 Å². The molecule has 0 aliphatic rings. The summed E-state index contributed by atoms with van der Waals surface area (Å²) in [5.41, 5.74) is 3.71. The summed E-state index contributed by atoms with van der Waals surface area (Å²) in [7, 11) is 1.61. The van der Waals surface area contributed by atoms with Crippen LogP contribution < -0.4 is 9.47 Å². The van der Waals surface area contributed by atoms with E-state index in [1.54, 1.807) is 20.1 Å². The molecular formula is C23H28O4. The third-order valence-electron chi connectivity index (χ3n) is 4.13. The summed E-state index contributed by atoms with van der Waals surface area (Å²) in [5, 5.41) is 0. The second-order valence-electron chi connectivity index (χ2n) is 6.46. The average Bonchev–Trinajstić information content (AvgIpc) is 2.66. The topological polar surface area (TPSA) is 44.8 Å². The van der Waals surface area contributed by atoms with Crippen LogP contribution in [0, 0.1) is 0 Å². The highest BCUT2D eigenvalue weighted by Gasteiger charge is 2.21. The van der Waals surface area contributed by atoms with E-state index in [0.717, 1.165) is 17.6 Å². The van der Waals surface area contributed by atoms with Crippen LogP contribution in [-0.4, -0.2) is 26.3 Å². The largest absolute Gasteiger partial charge is 0.497 e. The number of hydrogen-bond donors (Lipinski definition) is 0. The minimum Gasteiger partial charge on any atom is -0.497 e. The van der Waals surface area contributed by atoms with Crippen molar-refractivity contribution in [3.63, 3.8) is 0 Å². The zero-order valence-corrected chi connectivity index (χ0v) is 16.6. The normalized spacial score (nSPS) is 10.2. The van der Waals surface area contributed by atoms with E-state index in [-0.39, 0.29) is 5.97 Å². The summed E-state index contributed by atoms with van der Waals surface area (Å²) in [6.07, 6.45) is 3.47. The maximum atomic E-state index is 12.6. The highest BCUT2D eigenvalue weighted by Crippen LogP contribution is 2.31. The van der Waals surface area contributed by atoms with Crippen LogP contribution in [0.3, 0.4) is 0 Å². The fourth-order valence-corrected chi connectivity index (χ4v) is 2.73. The molecule has 0 radical (unpaired) electrons. The fourth-order valence-electron chi connectivity index (χ4n) is 2.73. The lowest BCUT2D eigenvalue weighted by Gasteiger charge is -2.16. The van der Waals surface area contributed by atoms with Crippen LogP contribution in [0.15, 0.2) is 54.1 Å². The van der Waals surface area contributed by atoms with Crippen molar-refractivity contribution in [2.45, 2.75) is 33.6 Å². The minimum atomic E-state index is -0.365. The molecule has 0 fully saturated rings. The molecule has 4 nitrogen and oxygen atoms in total. The Labute approximate surface area is 161 Å². The summed E-state index contributed by atoms with van der Waals surface area (Å²) in [6.45, 7) is 6.52. The third-order valence-corrected chi connectivity index (χ3v) is 4.13. The second kappa shape index (κ2) is 10.4. The van der Waals surface area contributed by atoms with Crippen LogP contribution in [0.1, 0.15) is 42.3 Å². The van der Waals surface area contributed by atoms with Gasteiger partial charge in [-0.25, -0.2) is 4.79 Å². The van der Waals surface area contributed by atoms with E-state index < -0.39 is 0 Å². The molecule has 144 valence electrons. The summed E-state index contributed by atoms with van der Waals surface area (Å²) in [6, 6.07) is 13.8. The quantitative estimate of drug-likeness (QED) is 0.461. The molecule has 0 bridgehead atoms. The van der Waals surface area contributed by atoms with E-state index in [9.17, 15) is 4.79 Å². The van der Waals surface area contributed by atoms with E-state index >= 15 is 0 Å². The van der Waals surface area contributed by atoms with Gasteiger partial charge in [0.05, 0.1) is 13.7 Å². The zero-order valence-electron chi connectivity index (χ0n) is 16.6. The van der Waals surface area contributed by atoms with Crippen LogP contribution in [0.25, 0.3) is 0 Å². The summed E-state index contributed by atoms with van der Waals surface area (Å²) in [5.74, 6) is 0.794. The van der Waals surface area contributed by atoms with Crippen LogP contribution in [0.2, 0.25) is 0 Å². The molecule has 0 aliphatic heterocycles. The number of carbonyl (C=O) groups is 1. The molecule has 0 saturated carbocycles. The standard InChI is InChI=1S/C23H28O4/c1-5-26-23(24)22-19(12-11-18-9-7-6-8-10-18)15-20(25-4)16-21(22)27-14-13-17(2)3/h6-10,13,15-16H,5,11-12,14H2,1-4H3. The molecule has 2 aromatic carbocycles. The first kappa shape index (κ1) is 20.6. The number of benzene rings is 2. The molecule has 0 amide bonds. The SMILES string of the molecule is CCOC(=O)c1c(CCc2ccccc2)cc(OC)cc1OCC=C(C)C. The first-order valence-electron chi connectivity index (χ1n) is 9.23. The fraction of sp³-hybridized carbons (Fsp3) is 0.348. The number of rotatable bonds is 9. The molecule has 0 saturated heterocycles. The van der Waals surface area contributed by atoms with Gasteiger partial charge in [-0.05, 0) is 56.9 Å². The lowest BCUT2D eigenvalue weighted by molar-refractivity contribution is 0.0520. The van der Waals surface area contributed by atoms with Crippen LogP contribution >= 0.6 is 0 Å². The van der Waals surface area contributed by atoms with Crippen molar-refractivity contribution >= 4 is 5.97 Å². The van der Waals surface area contributed by atoms with Gasteiger partial charge in [0.25, 0.3) is 0 Å². The zero-order chi connectivity index (χ0) is 19.6. The number of allylic oxidation sites excluding steroid dienone is 1. The van der Waals surface area contributed by atoms with Crippen LogP contribution in [-0.2, 0) is 17.6 Å². The number of esters is 1. The molecule has 2 aromatic rings. The van der Waals surface area contributed by atoms with Gasteiger partial charge >= 0.3 is 5.97 Å². The van der Waals surface area contributed by atoms with Crippen molar-refractivity contribution in [1.82, 2.24) is 0 Å². The average molecular weight is 368 g/mol. The van der Waals surface area contributed by atoms with Crippen molar-refractivity contribution in [2.24, 2.45) is 0 Å². The Balaban J connectivity index is 2.37. The van der Waals surface area contributed by atoms with Gasteiger partial charge in [-0.3, -0.25) is 0 Å². The molecule has 0 atom stereocenters. The van der Waals surface area contributed by atoms with Crippen molar-refractivity contribution in [3.8, 4) is 11.5 Å². The number of hydrogen-bond acceptors (Lipinski definition) is 4. The smallest absolute Gasteiger partial charge is 0.342 e. The van der Waals surface area contributed by atoms with Crippen molar-refractivity contribution in [2.75, 3.05) is 20.3 Å². The maximum Gasteiger partial charge on any atom is 0.342 e. The van der Waals surface area contributed by atoms with Gasteiger partial charge in [0.2, 0.25) is 0 Å². The Bertz CT molecular complexity index is 774. The number of carbonyl (C=O) groups excluding carboxylic acids is 1. The molecule has 0 N–H and O–H groups in total. The molecule has 2 rings (SSSR count). The van der Waals surface area contributed by atoms with Crippen LogP contribution in [0.5, 0.6) is 11.5 Å². The lowest BCUT2D eigenvalue weighted by Crippen LogP contribution is -2.12. The Kier molecular flexibility index (Phi) is 7.93. The third kappa shape index (κ3) is 6.17. The molecule has 0 aliphatic carbocycles. The van der Waals surface area contributed by atoms with E-state index in [0.29, 0.717) is 36.7 Å². The van der Waals surface area contributed by atoms with E-state index in [2.05, 4.69) is 12.1 Å². The summed E-state index contributed by atoms with van der Waals surface area (Å²) in [4.78, 5) is 12.6. The lowest BCUT2D eigenvalue weighted by atomic mass is 9.98. The van der Waals surface area contributed by atoms with Crippen LogP contribution in [0.4, 0.5) is 0 Å². The van der Waals surface area contributed by atoms with Crippen molar-refractivity contribution < 1.29 is 19.0 Å². The highest BCUT2D eigenvalue weighted by molar-refractivity contribution is 5.94. The maximum absolute atomic E-state index is 12.6. The predicted molar refractivity (Wildman–Crippen MR) is 108 cm³/mol. The molecule has 4 heteroatoms. The number of methoxy groups -OCH3 is 1. The Morgan fingerprint density at radius 1 is 1.07 bits per heavy atom. The molecule has 0 aromatic heterocycles. The number of aryl methyl sites for hydroxylation is 2. The van der Waals surface area contributed by atoms with Gasteiger partial charge in [0.1, 0.15) is 23.7 Å². The monoisotopic (exact) mass is 368 g/mol.